The fourth-order valence-electron chi connectivity index (χ4n) is 2.08. The molecule has 0 aliphatic rings. The summed E-state index contributed by atoms with van der Waals surface area (Å²) in [4.78, 5) is 36.3. The molecule has 6 nitrogen and oxygen atoms in total. The van der Waals surface area contributed by atoms with Crippen LogP contribution in [-0.2, 0) is 4.74 Å². The number of carbonyl (C=O) groups is 2. The maximum absolute atomic E-state index is 12.4. The van der Waals surface area contributed by atoms with Crippen LogP contribution < -0.4 is 10.7 Å². The van der Waals surface area contributed by atoms with E-state index >= 15 is 0 Å². The molecule has 0 atom stereocenters. The molecule has 0 radical (unpaired) electrons. The van der Waals surface area contributed by atoms with Crippen molar-refractivity contribution in [3.8, 4) is 0 Å². The molecule has 7 heteroatoms. The van der Waals surface area contributed by atoms with Crippen LogP contribution in [0.15, 0.2) is 51.2 Å². The van der Waals surface area contributed by atoms with Gasteiger partial charge in [-0.3, -0.25) is 9.59 Å². The van der Waals surface area contributed by atoms with E-state index in [1.165, 1.54) is 13.2 Å². The van der Waals surface area contributed by atoms with Gasteiger partial charge >= 0.3 is 5.97 Å². The molecule has 1 N–H and O–H groups in total. The van der Waals surface area contributed by atoms with Crippen LogP contribution in [0, 0.1) is 0 Å². The second-order valence-electron chi connectivity index (χ2n) is 4.58. The SMILES string of the molecule is COC(=O)c1ccsc1NC(=O)c1coc2ccccc2c1=O. The van der Waals surface area contributed by atoms with Gasteiger partial charge in [0, 0.05) is 0 Å². The Bertz CT molecular complexity index is 956. The first-order chi connectivity index (χ1) is 11.1. The molecule has 23 heavy (non-hydrogen) atoms. The van der Waals surface area contributed by atoms with Crippen LogP contribution in [0.25, 0.3) is 11.0 Å². The van der Waals surface area contributed by atoms with E-state index in [0.29, 0.717) is 16.0 Å². The molecule has 0 aliphatic heterocycles. The van der Waals surface area contributed by atoms with Gasteiger partial charge in [-0.2, -0.15) is 0 Å². The molecule has 0 spiro atoms. The third kappa shape index (κ3) is 2.74. The van der Waals surface area contributed by atoms with E-state index in [1.54, 1.807) is 29.6 Å². The normalized spacial score (nSPS) is 10.5. The van der Waals surface area contributed by atoms with Crippen molar-refractivity contribution in [1.29, 1.82) is 0 Å². The van der Waals surface area contributed by atoms with Crippen molar-refractivity contribution in [3.63, 3.8) is 0 Å². The number of esters is 1. The van der Waals surface area contributed by atoms with Crippen LogP contribution in [0.5, 0.6) is 0 Å². The zero-order chi connectivity index (χ0) is 16.4. The Morgan fingerprint density at radius 3 is 2.74 bits per heavy atom. The van der Waals surface area contributed by atoms with Gasteiger partial charge in [0.05, 0.1) is 18.1 Å². The summed E-state index contributed by atoms with van der Waals surface area (Å²) >= 11 is 1.16. The van der Waals surface area contributed by atoms with Gasteiger partial charge in [-0.25, -0.2) is 4.79 Å². The standard InChI is InChI=1S/C16H11NO5S/c1-21-16(20)10-6-7-23-15(10)17-14(19)11-8-22-12-5-3-2-4-9(12)13(11)18/h2-8H,1H3,(H,17,19). The molecule has 0 unspecified atom stereocenters. The molecule has 0 bridgehead atoms. The molecule has 116 valence electrons. The highest BCUT2D eigenvalue weighted by Crippen LogP contribution is 2.24. The largest absolute Gasteiger partial charge is 0.465 e. The summed E-state index contributed by atoms with van der Waals surface area (Å²) in [6, 6.07) is 8.19. The predicted molar refractivity (Wildman–Crippen MR) is 86.1 cm³/mol. The van der Waals surface area contributed by atoms with Crippen LogP contribution in [-0.4, -0.2) is 19.0 Å². The Labute approximate surface area is 134 Å². The van der Waals surface area contributed by atoms with Gasteiger partial charge in [-0.1, -0.05) is 12.1 Å². The van der Waals surface area contributed by atoms with Crippen LogP contribution in [0.2, 0.25) is 0 Å². The van der Waals surface area contributed by atoms with E-state index in [9.17, 15) is 14.4 Å². The van der Waals surface area contributed by atoms with Gasteiger partial charge in [0.1, 0.15) is 22.4 Å². The number of rotatable bonds is 3. The minimum atomic E-state index is -0.642. The number of anilines is 1. The number of fused-ring (bicyclic) bond motifs is 1. The number of thiophene rings is 1. The minimum Gasteiger partial charge on any atom is -0.465 e. The lowest BCUT2D eigenvalue weighted by molar-refractivity contribution is 0.0602. The first-order valence-corrected chi connectivity index (χ1v) is 7.47. The Kier molecular flexibility index (Phi) is 3.94. The molecule has 2 heterocycles. The number of hydrogen-bond acceptors (Lipinski definition) is 6. The number of ether oxygens (including phenoxy) is 1. The maximum atomic E-state index is 12.4. The van der Waals surface area contributed by atoms with Gasteiger partial charge in [0.25, 0.3) is 5.91 Å². The Balaban J connectivity index is 1.96. The summed E-state index contributed by atoms with van der Waals surface area (Å²) in [6.45, 7) is 0. The van der Waals surface area contributed by atoms with Crippen LogP contribution in [0.4, 0.5) is 5.00 Å². The Morgan fingerprint density at radius 2 is 1.96 bits per heavy atom. The van der Waals surface area contributed by atoms with Gasteiger partial charge in [0.2, 0.25) is 5.43 Å². The number of benzene rings is 1. The van der Waals surface area contributed by atoms with E-state index in [0.717, 1.165) is 17.6 Å². The lowest BCUT2D eigenvalue weighted by atomic mass is 10.1. The molecule has 0 aliphatic carbocycles. The van der Waals surface area contributed by atoms with Gasteiger partial charge in [0.15, 0.2) is 0 Å². The monoisotopic (exact) mass is 329 g/mol. The first kappa shape index (κ1) is 15.0. The zero-order valence-electron chi connectivity index (χ0n) is 12.0. The van der Waals surface area contributed by atoms with Gasteiger partial charge in [-0.05, 0) is 23.6 Å². The second-order valence-corrected chi connectivity index (χ2v) is 5.50. The average Bonchev–Trinajstić information content (AvgIpc) is 3.02. The lowest BCUT2D eigenvalue weighted by Gasteiger charge is -2.05. The lowest BCUT2D eigenvalue weighted by Crippen LogP contribution is -2.21. The summed E-state index contributed by atoms with van der Waals surface area (Å²) in [5.74, 6) is -1.20. The molecular weight excluding hydrogens is 318 g/mol. The minimum absolute atomic E-state index is 0.132. The van der Waals surface area contributed by atoms with Crippen molar-refractivity contribution in [1.82, 2.24) is 0 Å². The molecule has 0 saturated heterocycles. The third-order valence-corrected chi connectivity index (χ3v) is 4.05. The highest BCUT2D eigenvalue weighted by molar-refractivity contribution is 7.14. The smallest absolute Gasteiger partial charge is 0.340 e. The van der Waals surface area contributed by atoms with Gasteiger partial charge in [-0.15, -0.1) is 11.3 Å². The number of para-hydroxylation sites is 1. The Morgan fingerprint density at radius 1 is 1.17 bits per heavy atom. The number of hydrogen-bond donors (Lipinski definition) is 1. The fourth-order valence-corrected chi connectivity index (χ4v) is 2.85. The third-order valence-electron chi connectivity index (χ3n) is 3.22. The molecule has 1 aromatic carbocycles. The number of amides is 1. The maximum Gasteiger partial charge on any atom is 0.340 e. The summed E-state index contributed by atoms with van der Waals surface area (Å²) in [5, 5.41) is 4.82. The molecule has 3 rings (SSSR count). The van der Waals surface area contributed by atoms with Crippen LogP contribution >= 0.6 is 11.3 Å². The quantitative estimate of drug-likeness (QED) is 0.747. The van der Waals surface area contributed by atoms with Gasteiger partial charge < -0.3 is 14.5 Å². The average molecular weight is 329 g/mol. The molecule has 0 saturated carbocycles. The van der Waals surface area contributed by atoms with E-state index in [2.05, 4.69) is 10.1 Å². The topological polar surface area (TPSA) is 85.6 Å². The van der Waals surface area contributed by atoms with Crippen molar-refractivity contribution in [2.24, 2.45) is 0 Å². The van der Waals surface area contributed by atoms with E-state index in [-0.39, 0.29) is 11.1 Å². The number of carbonyl (C=O) groups excluding carboxylic acids is 2. The highest BCUT2D eigenvalue weighted by atomic mass is 32.1. The zero-order valence-corrected chi connectivity index (χ0v) is 12.8. The van der Waals surface area contributed by atoms with Crippen LogP contribution in [0.1, 0.15) is 20.7 Å². The molecular formula is C16H11NO5S. The van der Waals surface area contributed by atoms with Crippen molar-refractivity contribution in [2.45, 2.75) is 0 Å². The highest BCUT2D eigenvalue weighted by Gasteiger charge is 2.19. The van der Waals surface area contributed by atoms with Crippen molar-refractivity contribution in [2.75, 3.05) is 12.4 Å². The number of methoxy groups -OCH3 is 1. The second kappa shape index (κ2) is 6.05. The molecule has 3 aromatic rings. The Hall–Kier alpha value is -2.93. The summed E-state index contributed by atoms with van der Waals surface area (Å²) in [5.41, 5.74) is 0.0740. The molecule has 0 fully saturated rings. The molecule has 1 amide bonds. The van der Waals surface area contributed by atoms with Crippen LogP contribution in [0.3, 0.4) is 0 Å². The van der Waals surface area contributed by atoms with Crippen molar-refractivity contribution >= 4 is 39.2 Å². The van der Waals surface area contributed by atoms with E-state index < -0.39 is 17.3 Å². The molecule has 2 aromatic heterocycles. The summed E-state index contributed by atoms with van der Waals surface area (Å²) < 4.78 is 9.95. The predicted octanol–water partition coefficient (Wildman–Crippen LogP) is 2.89. The first-order valence-electron chi connectivity index (χ1n) is 6.59. The summed E-state index contributed by atoms with van der Waals surface area (Å²) in [6.07, 6.45) is 1.12. The van der Waals surface area contributed by atoms with Crippen molar-refractivity contribution in [3.05, 3.63) is 63.3 Å². The van der Waals surface area contributed by atoms with E-state index in [1.807, 2.05) is 0 Å². The van der Waals surface area contributed by atoms with E-state index in [4.69, 9.17) is 4.42 Å². The van der Waals surface area contributed by atoms with Crippen molar-refractivity contribution < 1.29 is 18.7 Å². The number of nitrogens with one attached hydrogen (secondary N) is 1. The fraction of sp³-hybridized carbons (Fsp3) is 0.0625. The summed E-state index contributed by atoms with van der Waals surface area (Å²) in [7, 11) is 1.25.